The Kier molecular flexibility index (Phi) is 7.32. The minimum Gasteiger partial charge on any atom is -0.362 e. The molecule has 0 amide bonds. The largest absolute Gasteiger partial charge is 0.362 e. The van der Waals surface area contributed by atoms with Crippen molar-refractivity contribution in [2.75, 3.05) is 9.62 Å². The lowest BCUT2D eigenvalue weighted by molar-refractivity contribution is 0.101. The predicted molar refractivity (Wildman–Crippen MR) is 141 cm³/mol. The highest BCUT2D eigenvalue weighted by atomic mass is 32.2. The van der Waals surface area contributed by atoms with Gasteiger partial charge in [0.1, 0.15) is 0 Å². The lowest BCUT2D eigenvalue weighted by atomic mass is 10.1. The molecule has 0 heterocycles. The number of aryl methyl sites for hydroxylation is 1. The topological polar surface area (TPSA) is 66.5 Å². The highest BCUT2D eigenvalue weighted by molar-refractivity contribution is 7.92. The average molecular weight is 485 g/mol. The van der Waals surface area contributed by atoms with Crippen LogP contribution >= 0.6 is 0 Å². The van der Waals surface area contributed by atoms with Crippen LogP contribution < -0.4 is 9.62 Å². The van der Waals surface area contributed by atoms with Crippen LogP contribution in [0.4, 0.5) is 11.4 Å². The fourth-order valence-electron chi connectivity index (χ4n) is 3.99. The minimum atomic E-state index is -3.78. The van der Waals surface area contributed by atoms with Crippen LogP contribution in [0.15, 0.2) is 108 Å². The van der Waals surface area contributed by atoms with E-state index in [0.717, 1.165) is 22.4 Å². The predicted octanol–water partition coefficient (Wildman–Crippen LogP) is 6.21. The monoisotopic (exact) mass is 484 g/mol. The van der Waals surface area contributed by atoms with Gasteiger partial charge in [-0.15, -0.1) is 0 Å². The van der Waals surface area contributed by atoms with Crippen molar-refractivity contribution in [2.24, 2.45) is 0 Å². The third-order valence-corrected chi connectivity index (χ3v) is 7.08. The summed E-state index contributed by atoms with van der Waals surface area (Å²) in [5.74, 6) is -0.136. The number of nitrogens with zero attached hydrogens (tertiary/aromatic N) is 1. The van der Waals surface area contributed by atoms with Crippen LogP contribution in [0.5, 0.6) is 0 Å². The Hall–Kier alpha value is -3.90. The molecule has 6 heteroatoms. The van der Waals surface area contributed by atoms with Crippen molar-refractivity contribution < 1.29 is 13.2 Å². The van der Waals surface area contributed by atoms with Gasteiger partial charge in [-0.2, -0.15) is 0 Å². The Balaban J connectivity index is 1.70. The summed E-state index contributed by atoms with van der Waals surface area (Å²) in [6.07, 6.45) is 0. The second-order valence-corrected chi connectivity index (χ2v) is 10.2. The van der Waals surface area contributed by atoms with E-state index in [1.54, 1.807) is 30.3 Å². The first-order valence-electron chi connectivity index (χ1n) is 11.4. The number of nitrogens with one attached hydrogen (secondary N) is 1. The van der Waals surface area contributed by atoms with E-state index in [0.29, 0.717) is 24.3 Å². The van der Waals surface area contributed by atoms with Gasteiger partial charge in [-0.3, -0.25) is 9.52 Å². The van der Waals surface area contributed by atoms with E-state index in [4.69, 9.17) is 0 Å². The number of hydrogen-bond acceptors (Lipinski definition) is 4. The first kappa shape index (κ1) is 24.2. The number of ketones is 1. The van der Waals surface area contributed by atoms with Crippen molar-refractivity contribution in [1.82, 2.24) is 0 Å². The van der Waals surface area contributed by atoms with E-state index in [1.807, 2.05) is 55.5 Å². The normalized spacial score (nSPS) is 11.1. The molecule has 178 valence electrons. The van der Waals surface area contributed by atoms with Crippen molar-refractivity contribution in [3.8, 4) is 0 Å². The molecule has 0 saturated heterocycles. The first-order valence-corrected chi connectivity index (χ1v) is 12.9. The third kappa shape index (κ3) is 6.16. The van der Waals surface area contributed by atoms with Crippen LogP contribution in [0.2, 0.25) is 0 Å². The van der Waals surface area contributed by atoms with Crippen molar-refractivity contribution in [3.63, 3.8) is 0 Å². The zero-order valence-electron chi connectivity index (χ0n) is 19.8. The van der Waals surface area contributed by atoms with Crippen LogP contribution in [0.25, 0.3) is 0 Å². The molecule has 1 N–H and O–H groups in total. The van der Waals surface area contributed by atoms with Crippen LogP contribution in [0.1, 0.15) is 34.0 Å². The van der Waals surface area contributed by atoms with Gasteiger partial charge >= 0.3 is 0 Å². The van der Waals surface area contributed by atoms with E-state index >= 15 is 0 Å². The van der Waals surface area contributed by atoms with Gasteiger partial charge in [0.25, 0.3) is 10.0 Å². The Morgan fingerprint density at radius 1 is 0.771 bits per heavy atom. The molecule has 0 aliphatic heterocycles. The molecule has 4 rings (SSSR count). The molecule has 0 atom stereocenters. The molecule has 5 nitrogen and oxygen atoms in total. The molecule has 0 aliphatic carbocycles. The smallest absolute Gasteiger partial charge is 0.261 e. The standard InChI is InChI=1S/C29H28N2O3S/c1-22-10-9-15-27(18-22)35(33,34)30-26-16-17-29(28(19-26)23(2)32)31(20-24-11-5-3-6-12-24)21-25-13-7-4-8-14-25/h3-19,30H,20-21H2,1-2H3. The number of Topliss-reactive ketones (excluding diaryl/α,β-unsaturated/α-hetero) is 1. The number of carbonyl (C=O) groups is 1. The molecular weight excluding hydrogens is 456 g/mol. The van der Waals surface area contributed by atoms with Gasteiger partial charge in [-0.05, 0) is 60.9 Å². The Bertz CT molecular complexity index is 1380. The maximum absolute atomic E-state index is 12.9. The number of hydrogen-bond donors (Lipinski definition) is 1. The summed E-state index contributed by atoms with van der Waals surface area (Å²) >= 11 is 0. The minimum absolute atomic E-state index is 0.136. The van der Waals surface area contributed by atoms with Crippen LogP contribution in [-0.4, -0.2) is 14.2 Å². The van der Waals surface area contributed by atoms with Gasteiger partial charge in [-0.1, -0.05) is 72.8 Å². The summed E-state index contributed by atoms with van der Waals surface area (Å²) in [7, 11) is -3.78. The number of benzene rings is 4. The van der Waals surface area contributed by atoms with E-state index < -0.39 is 10.0 Å². The number of anilines is 2. The van der Waals surface area contributed by atoms with Crippen LogP contribution in [0, 0.1) is 6.92 Å². The molecule has 0 unspecified atom stereocenters. The number of rotatable bonds is 9. The van der Waals surface area contributed by atoms with Gasteiger partial charge in [0, 0.05) is 30.0 Å². The second kappa shape index (κ2) is 10.6. The van der Waals surface area contributed by atoms with E-state index in [2.05, 4.69) is 33.9 Å². The summed E-state index contributed by atoms with van der Waals surface area (Å²) < 4.78 is 28.5. The number of carbonyl (C=O) groups excluding carboxylic acids is 1. The number of sulfonamides is 1. The molecule has 0 bridgehead atoms. The van der Waals surface area contributed by atoms with Gasteiger partial charge in [-0.25, -0.2) is 8.42 Å². The highest BCUT2D eigenvalue weighted by Gasteiger charge is 2.19. The van der Waals surface area contributed by atoms with Gasteiger partial charge in [0.05, 0.1) is 4.90 Å². The SMILES string of the molecule is CC(=O)c1cc(NS(=O)(=O)c2cccc(C)c2)ccc1N(Cc1ccccc1)Cc1ccccc1. The third-order valence-electron chi connectivity index (χ3n) is 5.70. The Labute approximate surface area is 207 Å². The summed E-state index contributed by atoms with van der Waals surface area (Å²) in [5.41, 5.74) is 4.64. The fourth-order valence-corrected chi connectivity index (χ4v) is 5.14. The first-order chi connectivity index (χ1) is 16.8. The summed E-state index contributed by atoms with van der Waals surface area (Å²) in [6, 6.07) is 32.0. The van der Waals surface area contributed by atoms with Crippen molar-refractivity contribution in [3.05, 3.63) is 125 Å². The van der Waals surface area contributed by atoms with Crippen LogP contribution in [-0.2, 0) is 23.1 Å². The van der Waals surface area contributed by atoms with Crippen molar-refractivity contribution in [2.45, 2.75) is 31.8 Å². The fraction of sp³-hybridized carbons (Fsp3) is 0.138. The molecule has 0 fully saturated rings. The zero-order valence-corrected chi connectivity index (χ0v) is 20.6. The summed E-state index contributed by atoms with van der Waals surface area (Å²) in [6.45, 7) is 4.55. The molecule has 0 aromatic heterocycles. The molecule has 0 saturated carbocycles. The van der Waals surface area contributed by atoms with Gasteiger partial charge in [0.2, 0.25) is 0 Å². The maximum Gasteiger partial charge on any atom is 0.261 e. The molecule has 0 spiro atoms. The van der Waals surface area contributed by atoms with Crippen LogP contribution in [0.3, 0.4) is 0 Å². The summed E-state index contributed by atoms with van der Waals surface area (Å²) in [4.78, 5) is 15.0. The average Bonchev–Trinajstić information content (AvgIpc) is 2.85. The van der Waals surface area contributed by atoms with Gasteiger partial charge < -0.3 is 4.90 Å². The lowest BCUT2D eigenvalue weighted by Gasteiger charge is -2.27. The molecule has 35 heavy (non-hydrogen) atoms. The van der Waals surface area contributed by atoms with E-state index in [9.17, 15) is 13.2 Å². The summed E-state index contributed by atoms with van der Waals surface area (Å²) in [5, 5.41) is 0. The Morgan fingerprint density at radius 2 is 1.37 bits per heavy atom. The highest BCUT2D eigenvalue weighted by Crippen LogP contribution is 2.29. The Morgan fingerprint density at radius 3 is 1.91 bits per heavy atom. The van der Waals surface area contributed by atoms with E-state index in [1.165, 1.54) is 6.92 Å². The molecular formula is C29H28N2O3S. The zero-order chi connectivity index (χ0) is 24.8. The molecule has 4 aromatic rings. The molecule has 4 aromatic carbocycles. The molecule has 0 aliphatic rings. The maximum atomic E-state index is 12.9. The van der Waals surface area contributed by atoms with Crippen molar-refractivity contribution >= 4 is 27.2 Å². The van der Waals surface area contributed by atoms with E-state index in [-0.39, 0.29) is 10.7 Å². The quantitative estimate of drug-likeness (QED) is 0.287. The van der Waals surface area contributed by atoms with Crippen molar-refractivity contribution in [1.29, 1.82) is 0 Å². The van der Waals surface area contributed by atoms with Gasteiger partial charge in [0.15, 0.2) is 5.78 Å². The molecule has 0 radical (unpaired) electrons. The lowest BCUT2D eigenvalue weighted by Crippen LogP contribution is -2.24. The second-order valence-electron chi connectivity index (χ2n) is 8.54.